The fourth-order valence-electron chi connectivity index (χ4n) is 2.77. The molecule has 0 saturated carbocycles. The first-order valence-electron chi connectivity index (χ1n) is 7.37. The van der Waals surface area contributed by atoms with Gasteiger partial charge in [-0.3, -0.25) is 9.59 Å². The monoisotopic (exact) mass is 298 g/mol. The fraction of sp³-hybridized carbons (Fsp3) is 0.294. The van der Waals surface area contributed by atoms with Crippen molar-refractivity contribution in [3.63, 3.8) is 0 Å². The van der Waals surface area contributed by atoms with Crippen molar-refractivity contribution in [2.24, 2.45) is 0 Å². The van der Waals surface area contributed by atoms with Crippen LogP contribution in [0.4, 0.5) is 5.69 Å². The van der Waals surface area contributed by atoms with Crippen molar-refractivity contribution < 1.29 is 14.0 Å². The van der Waals surface area contributed by atoms with Gasteiger partial charge >= 0.3 is 0 Å². The number of nitrogens with zero attached hydrogens (tertiary/aromatic N) is 1. The highest BCUT2D eigenvalue weighted by Crippen LogP contribution is 2.22. The fourth-order valence-corrected chi connectivity index (χ4v) is 2.77. The SMILES string of the molecule is Cc1cccc(NC(=O)C2CCCN2C(=O)c2ccco2)c1. The standard InChI is InChI=1S/C17H18N2O3/c1-12-5-2-6-13(11-12)18-16(20)14-7-3-9-19(14)17(21)15-8-4-10-22-15/h2,4-6,8,10-11,14H,3,7,9H2,1H3,(H,18,20). The molecule has 0 aliphatic carbocycles. The molecule has 0 radical (unpaired) electrons. The highest BCUT2D eigenvalue weighted by Gasteiger charge is 2.35. The third kappa shape index (κ3) is 2.88. The van der Waals surface area contributed by atoms with Crippen LogP contribution in [0.5, 0.6) is 0 Å². The summed E-state index contributed by atoms with van der Waals surface area (Å²) in [7, 11) is 0. The molecule has 1 aromatic carbocycles. The second kappa shape index (κ2) is 6.05. The molecule has 1 fully saturated rings. The van der Waals surface area contributed by atoms with E-state index < -0.39 is 6.04 Å². The highest BCUT2D eigenvalue weighted by molar-refractivity contribution is 6.00. The maximum Gasteiger partial charge on any atom is 0.290 e. The Bertz CT molecular complexity index is 679. The predicted octanol–water partition coefficient (Wildman–Crippen LogP) is 2.83. The third-order valence-corrected chi connectivity index (χ3v) is 3.83. The Balaban J connectivity index is 1.72. The summed E-state index contributed by atoms with van der Waals surface area (Å²) in [5.74, 6) is -0.106. The summed E-state index contributed by atoms with van der Waals surface area (Å²) in [6.45, 7) is 2.55. The van der Waals surface area contributed by atoms with Gasteiger partial charge in [-0.15, -0.1) is 0 Å². The lowest BCUT2D eigenvalue weighted by Gasteiger charge is -2.23. The first-order chi connectivity index (χ1) is 10.6. The first kappa shape index (κ1) is 14.4. The first-order valence-corrected chi connectivity index (χ1v) is 7.37. The van der Waals surface area contributed by atoms with E-state index >= 15 is 0 Å². The summed E-state index contributed by atoms with van der Waals surface area (Å²) in [5.41, 5.74) is 1.83. The Morgan fingerprint density at radius 3 is 2.86 bits per heavy atom. The van der Waals surface area contributed by atoms with Crippen LogP contribution in [0.25, 0.3) is 0 Å². The van der Waals surface area contributed by atoms with Crippen molar-refractivity contribution in [2.75, 3.05) is 11.9 Å². The number of carbonyl (C=O) groups excluding carboxylic acids is 2. The summed E-state index contributed by atoms with van der Waals surface area (Å²) >= 11 is 0. The van der Waals surface area contributed by atoms with Crippen molar-refractivity contribution in [3.05, 3.63) is 54.0 Å². The third-order valence-electron chi connectivity index (χ3n) is 3.83. The van der Waals surface area contributed by atoms with Crippen molar-refractivity contribution in [3.8, 4) is 0 Å². The van der Waals surface area contributed by atoms with Crippen LogP contribution in [-0.4, -0.2) is 29.3 Å². The predicted molar refractivity (Wildman–Crippen MR) is 82.6 cm³/mol. The zero-order chi connectivity index (χ0) is 15.5. The Kier molecular flexibility index (Phi) is 3.96. The van der Waals surface area contributed by atoms with Gasteiger partial charge < -0.3 is 14.6 Å². The molecule has 1 N–H and O–H groups in total. The molecule has 0 bridgehead atoms. The lowest BCUT2D eigenvalue weighted by atomic mass is 10.1. The molecule has 1 saturated heterocycles. The number of rotatable bonds is 3. The average molecular weight is 298 g/mol. The Morgan fingerprint density at radius 2 is 2.14 bits per heavy atom. The average Bonchev–Trinajstić information content (AvgIpc) is 3.18. The molecule has 114 valence electrons. The molecule has 5 heteroatoms. The van der Waals surface area contributed by atoms with Crippen LogP contribution in [0.2, 0.25) is 0 Å². The molecule has 2 amide bonds. The Labute approximate surface area is 128 Å². The zero-order valence-corrected chi connectivity index (χ0v) is 12.4. The van der Waals surface area contributed by atoms with Crippen LogP contribution in [0, 0.1) is 6.92 Å². The molecule has 5 nitrogen and oxygen atoms in total. The summed E-state index contributed by atoms with van der Waals surface area (Å²) in [4.78, 5) is 26.4. The molecule has 0 spiro atoms. The maximum atomic E-state index is 12.5. The van der Waals surface area contributed by atoms with Crippen molar-refractivity contribution in [1.29, 1.82) is 0 Å². The topological polar surface area (TPSA) is 62.6 Å². The van der Waals surface area contributed by atoms with E-state index in [1.165, 1.54) is 6.26 Å². The van der Waals surface area contributed by atoms with E-state index in [9.17, 15) is 9.59 Å². The van der Waals surface area contributed by atoms with Gasteiger partial charge in [0.15, 0.2) is 5.76 Å². The van der Waals surface area contributed by atoms with Gasteiger partial charge in [0.25, 0.3) is 5.91 Å². The maximum absolute atomic E-state index is 12.5. The van der Waals surface area contributed by atoms with E-state index in [-0.39, 0.29) is 17.6 Å². The lowest BCUT2D eigenvalue weighted by molar-refractivity contribution is -0.119. The van der Waals surface area contributed by atoms with E-state index in [0.29, 0.717) is 13.0 Å². The van der Waals surface area contributed by atoms with Gasteiger partial charge in [-0.05, 0) is 49.6 Å². The zero-order valence-electron chi connectivity index (χ0n) is 12.4. The summed E-state index contributed by atoms with van der Waals surface area (Å²) in [6, 6.07) is 10.5. The minimum Gasteiger partial charge on any atom is -0.459 e. The number of hydrogen-bond acceptors (Lipinski definition) is 3. The Morgan fingerprint density at radius 1 is 1.27 bits per heavy atom. The van der Waals surface area contributed by atoms with Gasteiger partial charge in [0.05, 0.1) is 6.26 Å². The quantitative estimate of drug-likeness (QED) is 0.947. The molecule has 22 heavy (non-hydrogen) atoms. The van der Waals surface area contributed by atoms with Gasteiger partial charge in [0.1, 0.15) is 6.04 Å². The number of likely N-dealkylation sites (tertiary alicyclic amines) is 1. The summed E-state index contributed by atoms with van der Waals surface area (Å²) in [5, 5.41) is 2.89. The van der Waals surface area contributed by atoms with E-state index in [1.807, 2.05) is 31.2 Å². The number of furan rings is 1. The van der Waals surface area contributed by atoms with E-state index in [0.717, 1.165) is 17.7 Å². The number of hydrogen-bond donors (Lipinski definition) is 1. The largest absolute Gasteiger partial charge is 0.459 e. The molecule has 1 unspecified atom stereocenters. The number of nitrogens with one attached hydrogen (secondary N) is 1. The van der Waals surface area contributed by atoms with Crippen LogP contribution < -0.4 is 5.32 Å². The van der Waals surface area contributed by atoms with E-state index in [2.05, 4.69) is 5.32 Å². The summed E-state index contributed by atoms with van der Waals surface area (Å²) in [6.07, 6.45) is 2.95. The van der Waals surface area contributed by atoms with Gasteiger partial charge in [0.2, 0.25) is 5.91 Å². The minimum atomic E-state index is -0.446. The van der Waals surface area contributed by atoms with Crippen LogP contribution in [-0.2, 0) is 4.79 Å². The van der Waals surface area contributed by atoms with Crippen LogP contribution >= 0.6 is 0 Å². The number of benzene rings is 1. The Hall–Kier alpha value is -2.56. The smallest absolute Gasteiger partial charge is 0.290 e. The molecule has 1 aliphatic heterocycles. The molecule has 3 rings (SSSR count). The number of anilines is 1. The number of carbonyl (C=O) groups is 2. The normalized spacial score (nSPS) is 17.5. The highest BCUT2D eigenvalue weighted by atomic mass is 16.3. The van der Waals surface area contributed by atoms with Crippen molar-refractivity contribution in [1.82, 2.24) is 4.90 Å². The van der Waals surface area contributed by atoms with E-state index in [1.54, 1.807) is 17.0 Å². The number of aryl methyl sites for hydroxylation is 1. The van der Waals surface area contributed by atoms with E-state index in [4.69, 9.17) is 4.42 Å². The summed E-state index contributed by atoms with van der Waals surface area (Å²) < 4.78 is 5.15. The number of amides is 2. The second-order valence-corrected chi connectivity index (χ2v) is 5.49. The van der Waals surface area contributed by atoms with Gasteiger partial charge in [0, 0.05) is 12.2 Å². The lowest BCUT2D eigenvalue weighted by Crippen LogP contribution is -2.43. The van der Waals surface area contributed by atoms with Crippen LogP contribution in [0.1, 0.15) is 29.0 Å². The molecular formula is C17H18N2O3. The van der Waals surface area contributed by atoms with Crippen molar-refractivity contribution in [2.45, 2.75) is 25.8 Å². The van der Waals surface area contributed by atoms with Gasteiger partial charge in [-0.25, -0.2) is 0 Å². The van der Waals surface area contributed by atoms with Crippen molar-refractivity contribution >= 4 is 17.5 Å². The minimum absolute atomic E-state index is 0.150. The van der Waals surface area contributed by atoms with Crippen LogP contribution in [0.15, 0.2) is 47.1 Å². The molecule has 2 aromatic rings. The molecule has 1 atom stereocenters. The molecule has 1 aliphatic rings. The van der Waals surface area contributed by atoms with Gasteiger partial charge in [-0.1, -0.05) is 12.1 Å². The van der Waals surface area contributed by atoms with Gasteiger partial charge in [-0.2, -0.15) is 0 Å². The molecule has 1 aromatic heterocycles. The molecular weight excluding hydrogens is 280 g/mol. The van der Waals surface area contributed by atoms with Crippen LogP contribution in [0.3, 0.4) is 0 Å². The molecule has 2 heterocycles. The second-order valence-electron chi connectivity index (χ2n) is 5.49.